The number of aliphatic hydroxyl groups is 1. The fraction of sp³-hybridized carbons (Fsp3) is 0.500. The third kappa shape index (κ3) is 2.80. The number of nitrogens with zero attached hydrogens (tertiary/aromatic N) is 2. The molecule has 26 heavy (non-hydrogen) atoms. The molecule has 1 amide bonds. The largest absolute Gasteiger partial charge is 0.388 e. The third-order valence-electron chi connectivity index (χ3n) is 5.12. The summed E-state index contributed by atoms with van der Waals surface area (Å²) in [5.74, 6) is 1.44. The number of nitrogens with one attached hydrogen (secondary N) is 1. The zero-order chi connectivity index (χ0) is 17.7. The fourth-order valence-electron chi connectivity index (χ4n) is 3.47. The molecule has 0 unspecified atom stereocenters. The van der Waals surface area contributed by atoms with E-state index in [1.807, 2.05) is 0 Å². The second-order valence-corrected chi connectivity index (χ2v) is 7.05. The van der Waals surface area contributed by atoms with E-state index in [0.29, 0.717) is 29.8 Å². The van der Waals surface area contributed by atoms with Crippen LogP contribution in [0.1, 0.15) is 35.0 Å². The van der Waals surface area contributed by atoms with E-state index >= 15 is 0 Å². The highest BCUT2D eigenvalue weighted by Crippen LogP contribution is 2.39. The Morgan fingerprint density at radius 3 is 2.65 bits per heavy atom. The molecule has 2 aliphatic heterocycles. The average Bonchev–Trinajstić information content (AvgIpc) is 3.09. The first-order valence-corrected chi connectivity index (χ1v) is 8.85. The van der Waals surface area contributed by atoms with Crippen LogP contribution in [0.15, 0.2) is 28.8 Å². The number of aromatic nitrogens is 2. The molecule has 2 aromatic rings. The minimum atomic E-state index is -0.628. The van der Waals surface area contributed by atoms with E-state index in [0.717, 1.165) is 18.4 Å². The van der Waals surface area contributed by atoms with Gasteiger partial charge in [0, 0.05) is 17.0 Å². The second kappa shape index (κ2) is 6.15. The van der Waals surface area contributed by atoms with Gasteiger partial charge in [-0.25, -0.2) is 0 Å². The van der Waals surface area contributed by atoms with E-state index in [2.05, 4.69) is 15.5 Å². The minimum absolute atomic E-state index is 0.206. The number of fused-ring (bicyclic) bond motifs is 1. The Hall–Kier alpha value is -2.29. The van der Waals surface area contributed by atoms with Gasteiger partial charge in [0.1, 0.15) is 18.3 Å². The molecule has 3 fully saturated rings. The Morgan fingerprint density at radius 1 is 1.12 bits per heavy atom. The summed E-state index contributed by atoms with van der Waals surface area (Å²) in [6.07, 6.45) is 0.925. The highest BCUT2D eigenvalue weighted by molar-refractivity contribution is 5.94. The molecule has 0 bridgehead atoms. The van der Waals surface area contributed by atoms with Crippen molar-refractivity contribution in [2.24, 2.45) is 0 Å². The van der Waals surface area contributed by atoms with E-state index in [4.69, 9.17) is 14.0 Å². The van der Waals surface area contributed by atoms with E-state index < -0.39 is 6.10 Å². The van der Waals surface area contributed by atoms with E-state index in [1.54, 1.807) is 24.3 Å². The molecule has 1 saturated carbocycles. The number of benzene rings is 1. The Bertz CT molecular complexity index is 816. The molecule has 1 aromatic carbocycles. The number of ether oxygens (including phenoxy) is 2. The summed E-state index contributed by atoms with van der Waals surface area (Å²) >= 11 is 0. The van der Waals surface area contributed by atoms with Crippen molar-refractivity contribution in [2.75, 3.05) is 13.2 Å². The molecule has 0 spiro atoms. The lowest BCUT2D eigenvalue weighted by molar-refractivity contribution is 0.0178. The maximum absolute atomic E-state index is 12.5. The topological polar surface area (TPSA) is 107 Å². The Kier molecular flexibility index (Phi) is 3.77. The number of amides is 1. The van der Waals surface area contributed by atoms with Crippen LogP contribution in [0.2, 0.25) is 0 Å². The number of rotatable bonds is 4. The van der Waals surface area contributed by atoms with Crippen LogP contribution in [0.4, 0.5) is 0 Å². The fourth-order valence-corrected chi connectivity index (χ4v) is 3.47. The second-order valence-electron chi connectivity index (χ2n) is 7.05. The summed E-state index contributed by atoms with van der Waals surface area (Å²) in [5, 5.41) is 16.7. The zero-order valence-electron chi connectivity index (χ0n) is 14.0. The van der Waals surface area contributed by atoms with Crippen molar-refractivity contribution in [1.29, 1.82) is 0 Å². The number of carbonyl (C=O) groups is 1. The highest BCUT2D eigenvalue weighted by Gasteiger charge is 2.47. The number of hydrogen-bond acceptors (Lipinski definition) is 7. The molecule has 5 rings (SSSR count). The van der Waals surface area contributed by atoms with E-state index in [1.165, 1.54) is 0 Å². The average molecular weight is 357 g/mol. The summed E-state index contributed by atoms with van der Waals surface area (Å²) in [6.45, 7) is 0.576. The van der Waals surface area contributed by atoms with Gasteiger partial charge in [-0.2, -0.15) is 4.98 Å². The van der Waals surface area contributed by atoms with Crippen molar-refractivity contribution in [3.8, 4) is 11.4 Å². The van der Waals surface area contributed by atoms with Crippen molar-refractivity contribution in [3.63, 3.8) is 0 Å². The first-order chi connectivity index (χ1) is 12.7. The van der Waals surface area contributed by atoms with Gasteiger partial charge in [0.15, 0.2) is 0 Å². The maximum Gasteiger partial charge on any atom is 0.251 e. The minimum Gasteiger partial charge on any atom is -0.388 e. The molecule has 0 radical (unpaired) electrons. The molecule has 1 aromatic heterocycles. The molecule has 3 aliphatic rings. The lowest BCUT2D eigenvalue weighted by atomic mass is 10.1. The predicted molar refractivity (Wildman–Crippen MR) is 88.5 cm³/mol. The molecular weight excluding hydrogens is 338 g/mol. The predicted octanol–water partition coefficient (Wildman–Crippen LogP) is 0.871. The van der Waals surface area contributed by atoms with E-state index in [9.17, 15) is 9.90 Å². The van der Waals surface area contributed by atoms with Crippen LogP contribution >= 0.6 is 0 Å². The summed E-state index contributed by atoms with van der Waals surface area (Å²) in [4.78, 5) is 16.9. The van der Waals surface area contributed by atoms with Gasteiger partial charge in [-0.3, -0.25) is 4.79 Å². The van der Waals surface area contributed by atoms with Crippen molar-refractivity contribution in [3.05, 3.63) is 35.7 Å². The summed E-state index contributed by atoms with van der Waals surface area (Å²) in [5.41, 5.74) is 1.34. The Balaban J connectivity index is 1.26. The van der Waals surface area contributed by atoms with Gasteiger partial charge < -0.3 is 24.4 Å². The van der Waals surface area contributed by atoms with Crippen LogP contribution in [0.3, 0.4) is 0 Å². The summed E-state index contributed by atoms with van der Waals surface area (Å²) in [6, 6.07) is 6.81. The molecule has 1 aliphatic carbocycles. The van der Waals surface area contributed by atoms with Crippen LogP contribution in [0.5, 0.6) is 0 Å². The Labute approximate surface area is 149 Å². The summed E-state index contributed by atoms with van der Waals surface area (Å²) in [7, 11) is 0. The van der Waals surface area contributed by atoms with Gasteiger partial charge in [0.2, 0.25) is 11.7 Å². The normalized spacial score (nSPS) is 30.3. The molecule has 136 valence electrons. The van der Waals surface area contributed by atoms with E-state index in [-0.39, 0.29) is 30.8 Å². The standard InChI is InChI=1S/C18H19N3O5/c22-13-8-25-14-12(7-24-15(13)14)19-17(23)10-3-1-9(2-4-10)16-20-18(26-21-16)11-5-6-11/h1-4,11-15,22H,5-8H2,(H,19,23)/t12-,13-,14-,15-/m1/s1. The molecular formula is C18H19N3O5. The Morgan fingerprint density at radius 2 is 1.88 bits per heavy atom. The van der Waals surface area contributed by atoms with Gasteiger partial charge >= 0.3 is 0 Å². The van der Waals surface area contributed by atoms with Crippen LogP contribution in [0, 0.1) is 0 Å². The number of aliphatic hydroxyl groups excluding tert-OH is 1. The monoisotopic (exact) mass is 357 g/mol. The first kappa shape index (κ1) is 15.9. The maximum atomic E-state index is 12.5. The molecule has 3 heterocycles. The molecule has 4 atom stereocenters. The van der Waals surface area contributed by atoms with Crippen molar-refractivity contribution in [1.82, 2.24) is 15.5 Å². The van der Waals surface area contributed by atoms with Crippen LogP contribution in [-0.2, 0) is 9.47 Å². The first-order valence-electron chi connectivity index (χ1n) is 8.85. The zero-order valence-corrected chi connectivity index (χ0v) is 14.0. The van der Waals surface area contributed by atoms with Crippen molar-refractivity contribution < 1.29 is 23.9 Å². The van der Waals surface area contributed by atoms with Crippen LogP contribution in [0.25, 0.3) is 11.4 Å². The smallest absolute Gasteiger partial charge is 0.251 e. The van der Waals surface area contributed by atoms with Crippen molar-refractivity contribution >= 4 is 5.91 Å². The SMILES string of the molecule is O=C(N[C@@H]1CO[C@H]2[C@@H]1OC[C@H]2O)c1ccc(-c2noc(C3CC3)n2)cc1. The molecule has 2 N–H and O–H groups in total. The van der Waals surface area contributed by atoms with Gasteiger partial charge in [-0.05, 0) is 25.0 Å². The van der Waals surface area contributed by atoms with Crippen LogP contribution in [-0.4, -0.2) is 58.7 Å². The van der Waals surface area contributed by atoms with Gasteiger partial charge in [0.25, 0.3) is 5.91 Å². The summed E-state index contributed by atoms with van der Waals surface area (Å²) < 4.78 is 16.3. The number of hydrogen-bond donors (Lipinski definition) is 2. The van der Waals surface area contributed by atoms with Gasteiger partial charge in [-0.15, -0.1) is 0 Å². The lowest BCUT2D eigenvalue weighted by Crippen LogP contribution is -2.44. The quantitative estimate of drug-likeness (QED) is 0.836. The molecule has 8 nitrogen and oxygen atoms in total. The van der Waals surface area contributed by atoms with Crippen molar-refractivity contribution in [2.45, 2.75) is 43.1 Å². The number of carbonyl (C=O) groups excluding carboxylic acids is 1. The van der Waals surface area contributed by atoms with Crippen LogP contribution < -0.4 is 5.32 Å². The third-order valence-corrected chi connectivity index (χ3v) is 5.12. The van der Waals surface area contributed by atoms with Gasteiger partial charge in [0.05, 0.1) is 19.3 Å². The molecule has 2 saturated heterocycles. The van der Waals surface area contributed by atoms with Gasteiger partial charge in [-0.1, -0.05) is 17.3 Å². The highest BCUT2D eigenvalue weighted by atomic mass is 16.6. The lowest BCUT2D eigenvalue weighted by Gasteiger charge is -2.17. The molecule has 8 heteroatoms.